The topological polar surface area (TPSA) is 96.8 Å². The van der Waals surface area contributed by atoms with Gasteiger partial charge in [0.2, 0.25) is 5.91 Å². The standard InChI is InChI=1S/C22H27N5O4.C2H6/c1-22(2,3)31-21(30)26-10-7-14(8-11-26)15-5-6-16-17(13-15)25(4)24-19(16)27-12-9-18(28)23-20(27)29;1-2/h5-7,13H,8-12H2,1-4H3,(H,23,28,29);1-2H3. The van der Waals surface area contributed by atoms with Gasteiger partial charge in [-0.15, -0.1) is 0 Å². The van der Waals surface area contributed by atoms with E-state index in [1.807, 2.05) is 59.9 Å². The number of urea groups is 1. The summed E-state index contributed by atoms with van der Waals surface area (Å²) in [7, 11) is 1.84. The second-order valence-corrected chi connectivity index (χ2v) is 8.84. The number of hydrogen-bond acceptors (Lipinski definition) is 5. The normalized spacial score (nSPS) is 16.7. The lowest BCUT2D eigenvalue weighted by molar-refractivity contribution is -0.120. The van der Waals surface area contributed by atoms with Crippen LogP contribution in [0.3, 0.4) is 0 Å². The average Bonchev–Trinajstić information content (AvgIpc) is 3.10. The van der Waals surface area contributed by atoms with E-state index >= 15 is 0 Å². The van der Waals surface area contributed by atoms with Crippen LogP contribution in [0.25, 0.3) is 16.5 Å². The predicted molar refractivity (Wildman–Crippen MR) is 128 cm³/mol. The average molecular weight is 456 g/mol. The first-order valence-electron chi connectivity index (χ1n) is 11.4. The van der Waals surface area contributed by atoms with Crippen molar-refractivity contribution in [2.24, 2.45) is 7.05 Å². The van der Waals surface area contributed by atoms with E-state index in [9.17, 15) is 14.4 Å². The Kier molecular flexibility index (Phi) is 7.09. The molecular formula is C24H33N5O4. The highest BCUT2D eigenvalue weighted by Crippen LogP contribution is 2.31. The van der Waals surface area contributed by atoms with Gasteiger partial charge in [-0.25, -0.2) is 9.59 Å². The molecule has 1 fully saturated rings. The smallest absolute Gasteiger partial charge is 0.410 e. The molecule has 0 spiro atoms. The summed E-state index contributed by atoms with van der Waals surface area (Å²) in [6, 6.07) is 5.57. The van der Waals surface area contributed by atoms with E-state index < -0.39 is 11.6 Å². The van der Waals surface area contributed by atoms with Crippen molar-refractivity contribution >= 4 is 40.3 Å². The molecule has 1 aromatic carbocycles. The van der Waals surface area contributed by atoms with Gasteiger partial charge in [0.05, 0.1) is 5.52 Å². The van der Waals surface area contributed by atoms with E-state index in [4.69, 9.17) is 4.74 Å². The number of benzene rings is 1. The van der Waals surface area contributed by atoms with E-state index in [2.05, 4.69) is 16.5 Å². The monoisotopic (exact) mass is 455 g/mol. The van der Waals surface area contributed by atoms with Gasteiger partial charge in [0.1, 0.15) is 5.60 Å². The summed E-state index contributed by atoms with van der Waals surface area (Å²) in [6.45, 7) is 11.0. The molecule has 0 unspecified atom stereocenters. The van der Waals surface area contributed by atoms with Crippen LogP contribution in [0.2, 0.25) is 0 Å². The van der Waals surface area contributed by atoms with Gasteiger partial charge in [-0.05, 0) is 50.5 Å². The molecule has 2 aliphatic heterocycles. The predicted octanol–water partition coefficient (Wildman–Crippen LogP) is 4.07. The number of amides is 4. The van der Waals surface area contributed by atoms with Gasteiger partial charge in [-0.2, -0.15) is 5.10 Å². The molecule has 1 aromatic heterocycles. The number of carbonyl (C=O) groups excluding carboxylic acids is 3. The second kappa shape index (κ2) is 9.64. The third-order valence-corrected chi connectivity index (χ3v) is 5.37. The first-order valence-corrected chi connectivity index (χ1v) is 11.4. The van der Waals surface area contributed by atoms with Crippen LogP contribution in [0.5, 0.6) is 0 Å². The fraction of sp³-hybridized carbons (Fsp3) is 0.500. The highest BCUT2D eigenvalue weighted by molar-refractivity contribution is 6.09. The van der Waals surface area contributed by atoms with Crippen LogP contribution in [0.4, 0.5) is 15.4 Å². The minimum absolute atomic E-state index is 0.253. The zero-order chi connectivity index (χ0) is 24.3. The van der Waals surface area contributed by atoms with Crippen molar-refractivity contribution in [3.63, 3.8) is 0 Å². The second-order valence-electron chi connectivity index (χ2n) is 8.84. The van der Waals surface area contributed by atoms with Crippen molar-refractivity contribution in [1.29, 1.82) is 0 Å². The van der Waals surface area contributed by atoms with Crippen LogP contribution >= 0.6 is 0 Å². The van der Waals surface area contributed by atoms with Crippen LogP contribution in [0, 0.1) is 0 Å². The zero-order valence-electron chi connectivity index (χ0n) is 20.3. The first kappa shape index (κ1) is 24.3. The van der Waals surface area contributed by atoms with E-state index in [1.165, 1.54) is 4.90 Å². The maximum absolute atomic E-state index is 12.3. The number of ether oxygens (including phenoxy) is 1. The Labute approximate surface area is 194 Å². The Morgan fingerprint density at radius 2 is 1.85 bits per heavy atom. The highest BCUT2D eigenvalue weighted by atomic mass is 16.6. The summed E-state index contributed by atoms with van der Waals surface area (Å²) in [5.41, 5.74) is 2.60. The zero-order valence-corrected chi connectivity index (χ0v) is 20.3. The van der Waals surface area contributed by atoms with Gasteiger partial charge in [-0.1, -0.05) is 26.0 Å². The molecule has 0 bridgehead atoms. The Balaban J connectivity index is 0.00000149. The van der Waals surface area contributed by atoms with Crippen LogP contribution in [-0.4, -0.2) is 57.9 Å². The van der Waals surface area contributed by atoms with E-state index in [0.717, 1.165) is 28.5 Å². The van der Waals surface area contributed by atoms with Crippen LogP contribution in [0.15, 0.2) is 24.3 Å². The molecular weight excluding hydrogens is 422 g/mol. The molecule has 3 heterocycles. The minimum Gasteiger partial charge on any atom is -0.444 e. The van der Waals surface area contributed by atoms with Gasteiger partial charge in [-0.3, -0.25) is 19.7 Å². The third kappa shape index (κ3) is 5.35. The number of aromatic nitrogens is 2. The molecule has 1 saturated heterocycles. The lowest BCUT2D eigenvalue weighted by Crippen LogP contribution is -2.49. The summed E-state index contributed by atoms with van der Waals surface area (Å²) < 4.78 is 7.20. The molecule has 4 amide bonds. The molecule has 9 heteroatoms. The molecule has 0 aliphatic carbocycles. The number of rotatable bonds is 2. The molecule has 0 saturated carbocycles. The summed E-state index contributed by atoms with van der Waals surface area (Å²) in [6.07, 6.45) is 2.73. The first-order chi connectivity index (χ1) is 15.6. The Bertz CT molecular complexity index is 1100. The van der Waals surface area contributed by atoms with Crippen molar-refractivity contribution in [3.05, 3.63) is 29.8 Å². The molecule has 33 heavy (non-hydrogen) atoms. The van der Waals surface area contributed by atoms with Gasteiger partial charge < -0.3 is 9.64 Å². The van der Waals surface area contributed by atoms with Crippen molar-refractivity contribution < 1.29 is 19.1 Å². The lowest BCUT2D eigenvalue weighted by atomic mass is 9.98. The quantitative estimate of drug-likeness (QED) is 0.736. The Hall–Kier alpha value is -3.36. The number of aryl methyl sites for hydroxylation is 1. The summed E-state index contributed by atoms with van der Waals surface area (Å²) in [4.78, 5) is 39.2. The van der Waals surface area contributed by atoms with Crippen LogP contribution in [0.1, 0.15) is 53.0 Å². The molecule has 9 nitrogen and oxygen atoms in total. The molecule has 1 N–H and O–H groups in total. The fourth-order valence-electron chi connectivity index (χ4n) is 3.83. The summed E-state index contributed by atoms with van der Waals surface area (Å²) in [5.74, 6) is 0.274. The molecule has 178 valence electrons. The molecule has 4 rings (SSSR count). The van der Waals surface area contributed by atoms with E-state index in [1.54, 1.807) is 9.58 Å². The Morgan fingerprint density at radius 1 is 1.12 bits per heavy atom. The minimum atomic E-state index is -0.512. The van der Waals surface area contributed by atoms with Gasteiger partial charge >= 0.3 is 12.1 Å². The van der Waals surface area contributed by atoms with Crippen molar-refractivity contribution in [2.75, 3.05) is 24.5 Å². The van der Waals surface area contributed by atoms with Crippen molar-refractivity contribution in [3.8, 4) is 0 Å². The largest absolute Gasteiger partial charge is 0.444 e. The number of nitrogens with zero attached hydrogens (tertiary/aromatic N) is 4. The summed E-state index contributed by atoms with van der Waals surface area (Å²) >= 11 is 0. The van der Waals surface area contributed by atoms with Gasteiger partial charge in [0.15, 0.2) is 5.82 Å². The molecule has 2 aliphatic rings. The fourth-order valence-corrected chi connectivity index (χ4v) is 3.83. The van der Waals surface area contributed by atoms with Gasteiger partial charge in [0, 0.05) is 38.5 Å². The van der Waals surface area contributed by atoms with Gasteiger partial charge in [0.25, 0.3) is 0 Å². The number of carbonyl (C=O) groups is 3. The highest BCUT2D eigenvalue weighted by Gasteiger charge is 2.28. The van der Waals surface area contributed by atoms with Crippen molar-refractivity contribution in [1.82, 2.24) is 20.0 Å². The van der Waals surface area contributed by atoms with E-state index in [-0.39, 0.29) is 18.4 Å². The SMILES string of the molecule is CC.Cn1nc(N2CCC(=O)NC2=O)c2ccc(C3=CCN(C(=O)OC(C)(C)C)CC3)cc21. The Morgan fingerprint density at radius 3 is 2.45 bits per heavy atom. The van der Waals surface area contributed by atoms with Crippen LogP contribution in [-0.2, 0) is 16.6 Å². The van der Waals surface area contributed by atoms with Crippen LogP contribution < -0.4 is 10.2 Å². The van der Waals surface area contributed by atoms with E-state index in [0.29, 0.717) is 25.5 Å². The number of fused-ring (bicyclic) bond motifs is 1. The third-order valence-electron chi connectivity index (χ3n) is 5.37. The maximum atomic E-state index is 12.3. The lowest BCUT2D eigenvalue weighted by Gasteiger charge is -2.29. The number of anilines is 1. The summed E-state index contributed by atoms with van der Waals surface area (Å²) in [5, 5.41) is 7.71. The molecule has 0 radical (unpaired) electrons. The maximum Gasteiger partial charge on any atom is 0.410 e. The molecule has 0 atom stereocenters. The van der Waals surface area contributed by atoms with Crippen molar-refractivity contribution in [2.45, 2.75) is 53.1 Å². The number of nitrogens with one attached hydrogen (secondary N) is 1. The molecule has 2 aromatic rings. The number of hydrogen-bond donors (Lipinski definition) is 1. The number of imide groups is 1.